The molecule has 0 aliphatic heterocycles. The number of nitrogens with one attached hydrogen (secondary N) is 2. The minimum Gasteiger partial charge on any atom is -0.342 e. The number of nitrogens with zero attached hydrogens (tertiary/aromatic N) is 1. The van der Waals surface area contributed by atoms with E-state index in [1.54, 1.807) is 11.9 Å². The maximum atomic E-state index is 4.81. The summed E-state index contributed by atoms with van der Waals surface area (Å²) < 4.78 is 3.41. The van der Waals surface area contributed by atoms with Crippen molar-refractivity contribution in [1.82, 2.24) is 9.97 Å². The minimum absolute atomic E-state index is 0.595. The number of aromatic amines is 1. The fraction of sp³-hybridized carbons (Fsp3) is 0.316. The highest BCUT2D eigenvalue weighted by molar-refractivity contribution is 8.00. The van der Waals surface area contributed by atoms with Crippen LogP contribution in [0.2, 0.25) is 0 Å². The summed E-state index contributed by atoms with van der Waals surface area (Å²) in [5, 5.41) is 0. The molecule has 1 fully saturated rings. The van der Waals surface area contributed by atoms with Crippen molar-refractivity contribution in [2.75, 3.05) is 4.72 Å². The summed E-state index contributed by atoms with van der Waals surface area (Å²) in [4.78, 5) is 9.57. The predicted molar refractivity (Wildman–Crippen MR) is 97.8 cm³/mol. The third kappa shape index (κ3) is 3.08. The van der Waals surface area contributed by atoms with Crippen LogP contribution in [0, 0.1) is 5.92 Å². The van der Waals surface area contributed by atoms with Crippen molar-refractivity contribution in [3.63, 3.8) is 0 Å². The first-order valence-electron chi connectivity index (χ1n) is 8.27. The van der Waals surface area contributed by atoms with Crippen LogP contribution >= 0.6 is 11.9 Å². The first-order valence-corrected chi connectivity index (χ1v) is 9.09. The minimum atomic E-state index is 0.595. The van der Waals surface area contributed by atoms with Crippen LogP contribution in [0.3, 0.4) is 0 Å². The van der Waals surface area contributed by atoms with Gasteiger partial charge < -0.3 is 9.71 Å². The monoisotopic (exact) mass is 323 g/mol. The molecule has 0 bridgehead atoms. The van der Waals surface area contributed by atoms with E-state index in [9.17, 15) is 0 Å². The molecule has 1 saturated carbocycles. The van der Waals surface area contributed by atoms with Gasteiger partial charge >= 0.3 is 0 Å². The molecule has 2 N–H and O–H groups in total. The Morgan fingerprint density at radius 1 is 1.13 bits per heavy atom. The third-order valence-corrected chi connectivity index (χ3v) is 5.59. The van der Waals surface area contributed by atoms with Gasteiger partial charge in [-0.3, -0.25) is 0 Å². The van der Waals surface area contributed by atoms with Crippen LogP contribution < -0.4 is 4.72 Å². The zero-order valence-corrected chi connectivity index (χ0v) is 14.1. The fourth-order valence-corrected chi connectivity index (χ4v) is 4.08. The average molecular weight is 323 g/mol. The number of rotatable bonds is 4. The Kier molecular flexibility index (Phi) is 4.00. The zero-order valence-electron chi connectivity index (χ0n) is 13.3. The van der Waals surface area contributed by atoms with E-state index < -0.39 is 0 Å². The number of fused-ring (bicyclic) bond motifs is 1. The molecule has 1 aliphatic carbocycles. The predicted octanol–water partition coefficient (Wildman–Crippen LogP) is 5.59. The standard InChI is InChI=1S/C19H21N3S/c1-13-6-5-9-16(13)19-20-17-11-10-14(12-18(17)21-19)22-23-15-7-3-2-4-8-15/h2-4,7-8,10-13,16,22H,5-6,9H2,1H3,(H,20,21). The summed E-state index contributed by atoms with van der Waals surface area (Å²) in [6.45, 7) is 2.34. The fourth-order valence-electron chi connectivity index (χ4n) is 3.43. The highest BCUT2D eigenvalue weighted by Crippen LogP contribution is 2.38. The Labute approximate surface area is 141 Å². The molecule has 1 aliphatic rings. The molecular weight excluding hydrogens is 302 g/mol. The Balaban J connectivity index is 1.53. The van der Waals surface area contributed by atoms with E-state index >= 15 is 0 Å². The Morgan fingerprint density at radius 3 is 2.78 bits per heavy atom. The summed E-state index contributed by atoms with van der Waals surface area (Å²) in [5.41, 5.74) is 3.29. The van der Waals surface area contributed by atoms with Gasteiger partial charge in [-0.25, -0.2) is 4.98 Å². The van der Waals surface area contributed by atoms with E-state index in [2.05, 4.69) is 59.1 Å². The van der Waals surface area contributed by atoms with E-state index in [4.69, 9.17) is 4.98 Å². The van der Waals surface area contributed by atoms with Gasteiger partial charge in [-0.05, 0) is 61.0 Å². The lowest BCUT2D eigenvalue weighted by Gasteiger charge is -2.11. The summed E-state index contributed by atoms with van der Waals surface area (Å²) in [6.07, 6.45) is 3.90. The number of aromatic nitrogens is 2. The van der Waals surface area contributed by atoms with Gasteiger partial charge in [0.1, 0.15) is 5.82 Å². The van der Waals surface area contributed by atoms with Gasteiger partial charge in [0.2, 0.25) is 0 Å². The van der Waals surface area contributed by atoms with Crippen molar-refractivity contribution in [2.45, 2.75) is 37.0 Å². The van der Waals surface area contributed by atoms with Crippen LogP contribution in [0.5, 0.6) is 0 Å². The lowest BCUT2D eigenvalue weighted by molar-refractivity contribution is 0.514. The Morgan fingerprint density at radius 2 is 2.00 bits per heavy atom. The van der Waals surface area contributed by atoms with Gasteiger partial charge in [-0.1, -0.05) is 31.5 Å². The molecule has 3 nitrogen and oxygen atoms in total. The first-order chi connectivity index (χ1) is 11.3. The molecule has 0 amide bonds. The maximum Gasteiger partial charge on any atom is 0.110 e. The van der Waals surface area contributed by atoms with Crippen LogP contribution in [-0.2, 0) is 0 Å². The second kappa shape index (κ2) is 6.28. The van der Waals surface area contributed by atoms with E-state index in [0.717, 1.165) is 28.5 Å². The lowest BCUT2D eigenvalue weighted by atomic mass is 9.98. The van der Waals surface area contributed by atoms with Crippen LogP contribution in [0.1, 0.15) is 37.9 Å². The van der Waals surface area contributed by atoms with Crippen molar-refractivity contribution in [1.29, 1.82) is 0 Å². The van der Waals surface area contributed by atoms with Gasteiger partial charge in [-0.2, -0.15) is 0 Å². The third-order valence-electron chi connectivity index (χ3n) is 4.74. The zero-order chi connectivity index (χ0) is 15.6. The summed E-state index contributed by atoms with van der Waals surface area (Å²) in [6, 6.07) is 16.7. The average Bonchev–Trinajstić information content (AvgIpc) is 3.19. The second-order valence-corrected chi connectivity index (χ2v) is 7.27. The highest BCUT2D eigenvalue weighted by Gasteiger charge is 2.27. The molecule has 1 aromatic heterocycles. The van der Waals surface area contributed by atoms with E-state index in [-0.39, 0.29) is 0 Å². The van der Waals surface area contributed by atoms with E-state index in [1.165, 1.54) is 24.2 Å². The van der Waals surface area contributed by atoms with Gasteiger partial charge in [0.25, 0.3) is 0 Å². The summed E-state index contributed by atoms with van der Waals surface area (Å²) in [7, 11) is 0. The molecule has 0 spiro atoms. The first kappa shape index (κ1) is 14.6. The smallest absolute Gasteiger partial charge is 0.110 e. The van der Waals surface area contributed by atoms with Crippen molar-refractivity contribution < 1.29 is 0 Å². The molecule has 4 heteroatoms. The molecule has 23 heavy (non-hydrogen) atoms. The molecule has 4 rings (SSSR count). The highest BCUT2D eigenvalue weighted by atomic mass is 32.2. The van der Waals surface area contributed by atoms with Crippen molar-refractivity contribution >= 4 is 28.7 Å². The largest absolute Gasteiger partial charge is 0.342 e. The van der Waals surface area contributed by atoms with E-state index in [1.807, 2.05) is 6.07 Å². The molecular formula is C19H21N3S. The number of H-pyrrole nitrogens is 1. The quantitative estimate of drug-likeness (QED) is 0.615. The topological polar surface area (TPSA) is 40.7 Å². The second-order valence-electron chi connectivity index (χ2n) is 6.39. The SMILES string of the molecule is CC1CCCC1c1nc2ccc(NSc3ccccc3)cc2[nH]1. The van der Waals surface area contributed by atoms with Crippen LogP contribution in [-0.4, -0.2) is 9.97 Å². The van der Waals surface area contributed by atoms with Gasteiger partial charge in [0.05, 0.1) is 11.0 Å². The number of benzene rings is 2. The van der Waals surface area contributed by atoms with Crippen molar-refractivity contribution in [2.24, 2.45) is 5.92 Å². The molecule has 0 radical (unpaired) electrons. The molecule has 2 aromatic carbocycles. The van der Waals surface area contributed by atoms with Crippen molar-refractivity contribution in [3.8, 4) is 0 Å². The molecule has 118 valence electrons. The number of hydrogen-bond donors (Lipinski definition) is 2. The van der Waals surface area contributed by atoms with Gasteiger partial charge in [0.15, 0.2) is 0 Å². The molecule has 1 heterocycles. The van der Waals surface area contributed by atoms with Crippen molar-refractivity contribution in [3.05, 3.63) is 54.4 Å². The number of imidazole rings is 1. The van der Waals surface area contributed by atoms with Gasteiger partial charge in [0, 0.05) is 16.5 Å². The van der Waals surface area contributed by atoms with E-state index in [0.29, 0.717) is 5.92 Å². The number of anilines is 1. The Bertz CT molecular complexity index is 797. The normalized spacial score (nSPS) is 20.9. The molecule has 3 aromatic rings. The molecule has 2 atom stereocenters. The van der Waals surface area contributed by atoms with Crippen LogP contribution in [0.4, 0.5) is 5.69 Å². The summed E-state index contributed by atoms with van der Waals surface area (Å²) >= 11 is 1.63. The molecule has 0 saturated heterocycles. The lowest BCUT2D eigenvalue weighted by Crippen LogP contribution is -2.03. The summed E-state index contributed by atoms with van der Waals surface area (Å²) in [5.74, 6) is 2.50. The Hall–Kier alpha value is -1.94. The van der Waals surface area contributed by atoms with Gasteiger partial charge in [-0.15, -0.1) is 0 Å². The number of hydrogen-bond acceptors (Lipinski definition) is 3. The molecule has 2 unspecified atom stereocenters. The maximum absolute atomic E-state index is 4.81. The van der Waals surface area contributed by atoms with Crippen LogP contribution in [0.25, 0.3) is 11.0 Å². The van der Waals surface area contributed by atoms with Crippen LogP contribution in [0.15, 0.2) is 53.4 Å².